The minimum atomic E-state index is 0.454. The van der Waals surface area contributed by atoms with Gasteiger partial charge in [-0.25, -0.2) is 0 Å². The van der Waals surface area contributed by atoms with Crippen molar-refractivity contribution in [3.05, 3.63) is 54.4 Å². The fraction of sp³-hybridized carbons (Fsp3) is 0.0769. The molecule has 3 nitrogen and oxygen atoms in total. The third-order valence-corrected chi connectivity index (χ3v) is 2.21. The molecule has 1 aromatic heterocycles. The van der Waals surface area contributed by atoms with Gasteiger partial charge in [-0.2, -0.15) is 5.26 Å². The van der Waals surface area contributed by atoms with Gasteiger partial charge in [0.15, 0.2) is 0 Å². The van der Waals surface area contributed by atoms with Crippen molar-refractivity contribution < 1.29 is 0 Å². The maximum atomic E-state index is 8.55. The molecule has 0 aliphatic carbocycles. The largest absolute Gasteiger partial charge is 0.355 e. The maximum absolute atomic E-state index is 8.55. The molecule has 0 spiro atoms. The van der Waals surface area contributed by atoms with E-state index in [1.165, 1.54) is 0 Å². The number of hydrogen-bond acceptors (Lipinski definition) is 3. The predicted octanol–water partition coefficient (Wildman–Crippen LogP) is 2.89. The third kappa shape index (κ3) is 2.58. The van der Waals surface area contributed by atoms with E-state index in [4.69, 9.17) is 5.26 Å². The quantitative estimate of drug-likeness (QED) is 0.845. The lowest BCUT2D eigenvalue weighted by Crippen LogP contribution is -1.90. The molecular formula is C13H11N3. The third-order valence-electron chi connectivity index (χ3n) is 2.21. The Morgan fingerprint density at radius 1 is 1.00 bits per heavy atom. The SMILES string of the molecule is N#CCc1ccc(Nc2ccncc2)cc1. The minimum Gasteiger partial charge on any atom is -0.355 e. The van der Waals surface area contributed by atoms with Crippen LogP contribution in [0, 0.1) is 11.3 Å². The summed E-state index contributed by atoms with van der Waals surface area (Å²) in [5, 5.41) is 11.8. The van der Waals surface area contributed by atoms with Gasteiger partial charge in [0.25, 0.3) is 0 Å². The Kier molecular flexibility index (Phi) is 3.15. The highest BCUT2D eigenvalue weighted by molar-refractivity contribution is 5.59. The first-order valence-corrected chi connectivity index (χ1v) is 5.01. The normalized spacial score (nSPS) is 9.44. The van der Waals surface area contributed by atoms with Crippen molar-refractivity contribution in [3.63, 3.8) is 0 Å². The molecule has 0 unspecified atom stereocenters. The molecule has 0 aliphatic rings. The second kappa shape index (κ2) is 4.94. The molecule has 0 amide bonds. The van der Waals surface area contributed by atoms with E-state index in [9.17, 15) is 0 Å². The number of nitrogens with zero attached hydrogens (tertiary/aromatic N) is 2. The Morgan fingerprint density at radius 3 is 2.25 bits per heavy atom. The Labute approximate surface area is 94.4 Å². The van der Waals surface area contributed by atoms with Gasteiger partial charge in [-0.15, -0.1) is 0 Å². The summed E-state index contributed by atoms with van der Waals surface area (Å²) in [6, 6.07) is 13.8. The molecule has 1 N–H and O–H groups in total. The van der Waals surface area contributed by atoms with Gasteiger partial charge >= 0.3 is 0 Å². The van der Waals surface area contributed by atoms with Gasteiger partial charge in [0.05, 0.1) is 12.5 Å². The van der Waals surface area contributed by atoms with Crippen molar-refractivity contribution in [2.75, 3.05) is 5.32 Å². The summed E-state index contributed by atoms with van der Waals surface area (Å²) in [7, 11) is 0. The lowest BCUT2D eigenvalue weighted by molar-refractivity contribution is 1.26. The van der Waals surface area contributed by atoms with Gasteiger partial charge in [0.1, 0.15) is 0 Å². The summed E-state index contributed by atoms with van der Waals surface area (Å²) in [5.41, 5.74) is 3.04. The smallest absolute Gasteiger partial charge is 0.0669 e. The zero-order valence-corrected chi connectivity index (χ0v) is 8.72. The van der Waals surface area contributed by atoms with E-state index in [0.29, 0.717) is 6.42 Å². The van der Waals surface area contributed by atoms with E-state index in [-0.39, 0.29) is 0 Å². The summed E-state index contributed by atoms with van der Waals surface area (Å²) in [6.07, 6.45) is 3.94. The summed E-state index contributed by atoms with van der Waals surface area (Å²) in [4.78, 5) is 3.95. The van der Waals surface area contributed by atoms with Crippen LogP contribution in [0.4, 0.5) is 11.4 Å². The molecule has 0 fully saturated rings. The highest BCUT2D eigenvalue weighted by atomic mass is 14.9. The van der Waals surface area contributed by atoms with Crippen LogP contribution in [0.1, 0.15) is 5.56 Å². The predicted molar refractivity (Wildman–Crippen MR) is 63.3 cm³/mol. The Hall–Kier alpha value is -2.34. The van der Waals surface area contributed by atoms with Crippen molar-refractivity contribution in [2.45, 2.75) is 6.42 Å². The standard InChI is InChI=1S/C13H11N3/c14-8-5-11-1-3-12(4-2-11)16-13-6-9-15-10-7-13/h1-4,6-7,9-10H,5H2,(H,15,16). The molecule has 1 heterocycles. The van der Waals surface area contributed by atoms with E-state index in [0.717, 1.165) is 16.9 Å². The average Bonchev–Trinajstić information content (AvgIpc) is 2.33. The average molecular weight is 209 g/mol. The molecule has 0 saturated carbocycles. The van der Waals surface area contributed by atoms with Crippen LogP contribution in [0.3, 0.4) is 0 Å². The number of pyridine rings is 1. The first-order chi connectivity index (χ1) is 7.88. The van der Waals surface area contributed by atoms with Crippen molar-refractivity contribution in [1.29, 1.82) is 5.26 Å². The van der Waals surface area contributed by atoms with E-state index < -0.39 is 0 Å². The lowest BCUT2D eigenvalue weighted by atomic mass is 10.1. The summed E-state index contributed by atoms with van der Waals surface area (Å²) in [5.74, 6) is 0. The van der Waals surface area contributed by atoms with Crippen molar-refractivity contribution in [1.82, 2.24) is 4.98 Å². The topological polar surface area (TPSA) is 48.7 Å². The molecule has 0 radical (unpaired) electrons. The number of aromatic nitrogens is 1. The molecule has 0 atom stereocenters. The van der Waals surface area contributed by atoms with Crippen LogP contribution in [-0.4, -0.2) is 4.98 Å². The van der Waals surface area contributed by atoms with Crippen LogP contribution in [0.25, 0.3) is 0 Å². The molecule has 1 aromatic carbocycles. The number of anilines is 2. The Balaban J connectivity index is 2.09. The van der Waals surface area contributed by atoms with E-state index in [1.54, 1.807) is 12.4 Å². The van der Waals surface area contributed by atoms with Gasteiger partial charge < -0.3 is 5.32 Å². The zero-order chi connectivity index (χ0) is 11.2. The van der Waals surface area contributed by atoms with Crippen LogP contribution in [0.15, 0.2) is 48.8 Å². The number of nitriles is 1. The summed E-state index contributed by atoms with van der Waals surface area (Å²) < 4.78 is 0. The first-order valence-electron chi connectivity index (χ1n) is 5.01. The van der Waals surface area contributed by atoms with Gasteiger partial charge in [-0.05, 0) is 29.8 Å². The van der Waals surface area contributed by atoms with Crippen LogP contribution in [0.5, 0.6) is 0 Å². The monoisotopic (exact) mass is 209 g/mol. The van der Waals surface area contributed by atoms with E-state index >= 15 is 0 Å². The fourth-order valence-corrected chi connectivity index (χ4v) is 1.40. The highest BCUT2D eigenvalue weighted by Gasteiger charge is 1.95. The Morgan fingerprint density at radius 2 is 1.62 bits per heavy atom. The maximum Gasteiger partial charge on any atom is 0.0669 e. The second-order valence-electron chi connectivity index (χ2n) is 3.39. The Bertz CT molecular complexity index is 483. The molecule has 2 aromatic rings. The van der Waals surface area contributed by atoms with Crippen molar-refractivity contribution >= 4 is 11.4 Å². The van der Waals surface area contributed by atoms with Crippen LogP contribution in [0.2, 0.25) is 0 Å². The lowest BCUT2D eigenvalue weighted by Gasteiger charge is -2.05. The van der Waals surface area contributed by atoms with Crippen molar-refractivity contribution in [2.24, 2.45) is 0 Å². The molecule has 0 bridgehead atoms. The first kappa shape index (κ1) is 10.2. The number of rotatable bonds is 3. The van der Waals surface area contributed by atoms with E-state index in [1.807, 2.05) is 36.4 Å². The van der Waals surface area contributed by atoms with Crippen LogP contribution in [-0.2, 0) is 6.42 Å². The summed E-state index contributed by atoms with van der Waals surface area (Å²) in [6.45, 7) is 0. The number of benzene rings is 1. The molecular weight excluding hydrogens is 198 g/mol. The molecule has 78 valence electrons. The van der Waals surface area contributed by atoms with E-state index in [2.05, 4.69) is 16.4 Å². The molecule has 0 aliphatic heterocycles. The summed E-state index contributed by atoms with van der Waals surface area (Å²) >= 11 is 0. The molecule has 0 saturated heterocycles. The van der Waals surface area contributed by atoms with Gasteiger partial charge in [-0.1, -0.05) is 12.1 Å². The van der Waals surface area contributed by atoms with Crippen LogP contribution < -0.4 is 5.32 Å². The fourth-order valence-electron chi connectivity index (χ4n) is 1.40. The number of hydrogen-bond donors (Lipinski definition) is 1. The van der Waals surface area contributed by atoms with Gasteiger partial charge in [0.2, 0.25) is 0 Å². The van der Waals surface area contributed by atoms with Crippen LogP contribution >= 0.6 is 0 Å². The zero-order valence-electron chi connectivity index (χ0n) is 8.72. The second-order valence-corrected chi connectivity index (χ2v) is 3.39. The minimum absolute atomic E-state index is 0.454. The molecule has 3 heteroatoms. The molecule has 2 rings (SSSR count). The van der Waals surface area contributed by atoms with Crippen molar-refractivity contribution in [3.8, 4) is 6.07 Å². The number of nitrogens with one attached hydrogen (secondary N) is 1. The van der Waals surface area contributed by atoms with Gasteiger partial charge in [-0.3, -0.25) is 4.98 Å². The molecule has 16 heavy (non-hydrogen) atoms. The highest BCUT2D eigenvalue weighted by Crippen LogP contribution is 2.16. The van der Waals surface area contributed by atoms with Gasteiger partial charge in [0, 0.05) is 23.8 Å².